The van der Waals surface area contributed by atoms with Gasteiger partial charge in [0.2, 0.25) is 0 Å². The van der Waals surface area contributed by atoms with Crippen LogP contribution in [0.25, 0.3) is 0 Å². The number of nitrogens with zero attached hydrogens (tertiary/aromatic N) is 2. The normalized spacial score (nSPS) is 10.6. The van der Waals surface area contributed by atoms with Crippen LogP contribution < -0.4 is 4.74 Å². The first-order chi connectivity index (χ1) is 13.1. The van der Waals surface area contributed by atoms with E-state index in [2.05, 4.69) is 10.4 Å². The van der Waals surface area contributed by atoms with Crippen LogP contribution in [0.15, 0.2) is 64.9 Å². The zero-order valence-electron chi connectivity index (χ0n) is 15.4. The van der Waals surface area contributed by atoms with E-state index in [1.807, 2.05) is 61.5 Å². The van der Waals surface area contributed by atoms with Crippen molar-refractivity contribution in [2.75, 3.05) is 20.2 Å². The fraction of sp³-hybridized carbons (Fsp3) is 0.238. The first-order valence-corrected chi connectivity index (χ1v) is 10.6. The molecule has 3 rings (SSSR count). The Morgan fingerprint density at radius 2 is 1.89 bits per heavy atom. The lowest BCUT2D eigenvalue weighted by Crippen LogP contribution is -2.30. The molecule has 0 bridgehead atoms. The Morgan fingerprint density at radius 1 is 1.15 bits per heavy atom. The van der Waals surface area contributed by atoms with Crippen molar-refractivity contribution in [2.45, 2.75) is 17.6 Å². The van der Waals surface area contributed by atoms with E-state index in [0.717, 1.165) is 27.1 Å². The van der Waals surface area contributed by atoms with Gasteiger partial charge in [-0.2, -0.15) is 0 Å². The lowest BCUT2D eigenvalue weighted by Gasteiger charge is -2.17. The summed E-state index contributed by atoms with van der Waals surface area (Å²) < 4.78 is 5.66. The van der Waals surface area contributed by atoms with E-state index >= 15 is 0 Å². The standard InChI is InChI=1S/C21H22N2O2S2/c1-16-22-18(14-26-16)15-27-20-10-8-17(9-11-20)21(24)23(2)12-13-25-19-6-4-3-5-7-19/h3-11,14H,12-13,15H2,1-2H3. The topological polar surface area (TPSA) is 42.4 Å². The number of aromatic nitrogens is 1. The van der Waals surface area contributed by atoms with Gasteiger partial charge in [-0.15, -0.1) is 23.1 Å². The number of thioether (sulfide) groups is 1. The molecule has 1 amide bonds. The number of hydrogen-bond donors (Lipinski definition) is 0. The van der Waals surface area contributed by atoms with Crippen molar-refractivity contribution in [3.05, 3.63) is 76.2 Å². The smallest absolute Gasteiger partial charge is 0.253 e. The van der Waals surface area contributed by atoms with Gasteiger partial charge in [-0.1, -0.05) is 18.2 Å². The molecule has 3 aromatic rings. The predicted molar refractivity (Wildman–Crippen MR) is 112 cm³/mol. The third kappa shape index (κ3) is 5.84. The van der Waals surface area contributed by atoms with Crippen molar-refractivity contribution < 1.29 is 9.53 Å². The molecule has 0 radical (unpaired) electrons. The number of thiazole rings is 1. The number of ether oxygens (including phenoxy) is 1. The molecule has 0 unspecified atom stereocenters. The minimum absolute atomic E-state index is 0.00154. The van der Waals surface area contributed by atoms with Crippen molar-refractivity contribution in [3.63, 3.8) is 0 Å². The minimum Gasteiger partial charge on any atom is -0.492 e. The van der Waals surface area contributed by atoms with E-state index in [0.29, 0.717) is 18.7 Å². The molecule has 140 valence electrons. The van der Waals surface area contributed by atoms with Crippen LogP contribution in [0.1, 0.15) is 21.1 Å². The quantitative estimate of drug-likeness (QED) is 0.507. The summed E-state index contributed by atoms with van der Waals surface area (Å²) in [4.78, 5) is 19.8. The maximum absolute atomic E-state index is 12.5. The predicted octanol–water partition coefficient (Wildman–Crippen LogP) is 4.89. The summed E-state index contributed by atoms with van der Waals surface area (Å²) in [5.41, 5.74) is 1.78. The molecule has 0 aliphatic carbocycles. The van der Waals surface area contributed by atoms with Gasteiger partial charge in [-0.3, -0.25) is 4.79 Å². The highest BCUT2D eigenvalue weighted by molar-refractivity contribution is 7.98. The summed E-state index contributed by atoms with van der Waals surface area (Å²) in [5, 5.41) is 3.18. The van der Waals surface area contributed by atoms with Crippen molar-refractivity contribution >= 4 is 29.0 Å². The Morgan fingerprint density at radius 3 is 2.56 bits per heavy atom. The van der Waals surface area contributed by atoms with Crippen LogP contribution in [0.3, 0.4) is 0 Å². The van der Waals surface area contributed by atoms with Gasteiger partial charge in [0.25, 0.3) is 5.91 Å². The molecule has 0 aliphatic rings. The average Bonchev–Trinajstić information content (AvgIpc) is 3.12. The number of para-hydroxylation sites is 1. The van der Waals surface area contributed by atoms with Gasteiger partial charge >= 0.3 is 0 Å². The third-order valence-corrected chi connectivity index (χ3v) is 5.81. The van der Waals surface area contributed by atoms with Crippen LogP contribution in [0.2, 0.25) is 0 Å². The molecule has 0 spiro atoms. The molecule has 0 fully saturated rings. The average molecular weight is 399 g/mol. The highest BCUT2D eigenvalue weighted by atomic mass is 32.2. The molecule has 4 nitrogen and oxygen atoms in total. The number of likely N-dealkylation sites (N-methyl/N-ethyl adjacent to an activating group) is 1. The number of hydrogen-bond acceptors (Lipinski definition) is 5. The van der Waals surface area contributed by atoms with Crippen LogP contribution in [0.5, 0.6) is 5.75 Å². The summed E-state index contributed by atoms with van der Waals surface area (Å²) in [7, 11) is 1.80. The first-order valence-electron chi connectivity index (χ1n) is 8.69. The molecule has 1 aromatic heterocycles. The molecule has 0 saturated heterocycles. The number of benzene rings is 2. The summed E-state index contributed by atoms with van der Waals surface area (Å²) in [6.45, 7) is 3.02. The molecule has 27 heavy (non-hydrogen) atoms. The molecule has 1 heterocycles. The highest BCUT2D eigenvalue weighted by Crippen LogP contribution is 2.24. The molecule has 0 atom stereocenters. The Labute approximate surface area is 168 Å². The Hall–Kier alpha value is -2.31. The first kappa shape index (κ1) is 19.5. The number of carbonyl (C=O) groups is 1. The Kier molecular flexibility index (Phi) is 6.90. The molecule has 0 saturated carbocycles. The van der Waals surface area contributed by atoms with Crippen molar-refractivity contribution in [1.82, 2.24) is 9.88 Å². The van der Waals surface area contributed by atoms with Gasteiger partial charge < -0.3 is 9.64 Å². The van der Waals surface area contributed by atoms with Crippen molar-refractivity contribution in [1.29, 1.82) is 0 Å². The molecular weight excluding hydrogens is 376 g/mol. The summed E-state index contributed by atoms with van der Waals surface area (Å²) in [5.74, 6) is 1.65. The van der Waals surface area contributed by atoms with Crippen molar-refractivity contribution in [2.24, 2.45) is 0 Å². The van der Waals surface area contributed by atoms with E-state index in [1.165, 1.54) is 0 Å². The molecular formula is C21H22N2O2S2. The fourth-order valence-corrected chi connectivity index (χ4v) is 3.97. The van der Waals surface area contributed by atoms with Crippen LogP contribution in [-0.4, -0.2) is 36.0 Å². The molecule has 2 aromatic carbocycles. The lowest BCUT2D eigenvalue weighted by atomic mass is 10.2. The van der Waals surface area contributed by atoms with E-state index in [4.69, 9.17) is 4.74 Å². The van der Waals surface area contributed by atoms with Gasteiger partial charge in [0, 0.05) is 28.6 Å². The number of aryl methyl sites for hydroxylation is 1. The van der Waals surface area contributed by atoms with E-state index < -0.39 is 0 Å². The monoisotopic (exact) mass is 398 g/mol. The van der Waals surface area contributed by atoms with Crippen LogP contribution in [0, 0.1) is 6.92 Å². The largest absolute Gasteiger partial charge is 0.492 e. The second-order valence-electron chi connectivity index (χ2n) is 6.06. The summed E-state index contributed by atoms with van der Waals surface area (Å²) >= 11 is 3.40. The van der Waals surface area contributed by atoms with Gasteiger partial charge in [0.15, 0.2) is 0 Å². The zero-order chi connectivity index (χ0) is 19.1. The molecule has 0 N–H and O–H groups in total. The maximum Gasteiger partial charge on any atom is 0.253 e. The van der Waals surface area contributed by atoms with Gasteiger partial charge in [0.05, 0.1) is 17.2 Å². The van der Waals surface area contributed by atoms with Gasteiger partial charge in [-0.05, 0) is 43.3 Å². The van der Waals surface area contributed by atoms with E-state index in [9.17, 15) is 4.79 Å². The fourth-order valence-electron chi connectivity index (χ4n) is 2.46. The van der Waals surface area contributed by atoms with E-state index in [-0.39, 0.29) is 5.91 Å². The number of amides is 1. The van der Waals surface area contributed by atoms with Crippen LogP contribution in [-0.2, 0) is 5.75 Å². The molecule has 0 aliphatic heterocycles. The van der Waals surface area contributed by atoms with Gasteiger partial charge in [-0.25, -0.2) is 4.98 Å². The summed E-state index contributed by atoms with van der Waals surface area (Å²) in [6.07, 6.45) is 0. The summed E-state index contributed by atoms with van der Waals surface area (Å²) in [6, 6.07) is 17.4. The zero-order valence-corrected chi connectivity index (χ0v) is 17.1. The Balaban J connectivity index is 1.47. The SMILES string of the molecule is Cc1nc(CSc2ccc(C(=O)N(C)CCOc3ccccc3)cc2)cs1. The van der Waals surface area contributed by atoms with Crippen LogP contribution >= 0.6 is 23.1 Å². The maximum atomic E-state index is 12.5. The molecule has 6 heteroatoms. The van der Waals surface area contributed by atoms with Crippen LogP contribution in [0.4, 0.5) is 0 Å². The van der Waals surface area contributed by atoms with Gasteiger partial charge in [0.1, 0.15) is 12.4 Å². The lowest BCUT2D eigenvalue weighted by molar-refractivity contribution is 0.0773. The Bertz CT molecular complexity index is 863. The highest BCUT2D eigenvalue weighted by Gasteiger charge is 2.11. The van der Waals surface area contributed by atoms with Crippen molar-refractivity contribution in [3.8, 4) is 5.75 Å². The number of carbonyl (C=O) groups excluding carboxylic acids is 1. The van der Waals surface area contributed by atoms with E-state index in [1.54, 1.807) is 35.0 Å². The second-order valence-corrected chi connectivity index (χ2v) is 8.17. The number of rotatable bonds is 8. The minimum atomic E-state index is -0.00154. The third-order valence-electron chi connectivity index (χ3n) is 3.94. The second kappa shape index (κ2) is 9.58.